The van der Waals surface area contributed by atoms with E-state index in [0.717, 1.165) is 30.2 Å². The first kappa shape index (κ1) is 24.8. The highest BCUT2D eigenvalue weighted by molar-refractivity contribution is 7.16. The van der Waals surface area contributed by atoms with Crippen LogP contribution in [0, 0.1) is 0 Å². The number of nitrogens with two attached hydrogens (primary N) is 1. The monoisotopic (exact) mass is 503 g/mol. The Bertz CT molecular complexity index is 1090. The molecule has 1 atom stereocenters. The zero-order chi connectivity index (χ0) is 24.4. The lowest BCUT2D eigenvalue weighted by Crippen LogP contribution is -2.69. The molecule has 0 saturated carbocycles. The molecule has 0 saturated heterocycles. The summed E-state index contributed by atoms with van der Waals surface area (Å²) in [5, 5.41) is 3.69. The van der Waals surface area contributed by atoms with E-state index >= 15 is 0 Å². The summed E-state index contributed by atoms with van der Waals surface area (Å²) in [6.07, 6.45) is -2.77. The van der Waals surface area contributed by atoms with Crippen molar-refractivity contribution in [1.82, 2.24) is 5.32 Å². The summed E-state index contributed by atoms with van der Waals surface area (Å²) in [5.74, 6) is -3.94. The number of hydrogen-bond acceptors (Lipinski definition) is 6. The summed E-state index contributed by atoms with van der Waals surface area (Å²) < 4.78 is 48.2. The van der Waals surface area contributed by atoms with Crippen LogP contribution < -0.4 is 16.4 Å². The number of primary amides is 1. The third kappa shape index (κ3) is 4.93. The van der Waals surface area contributed by atoms with E-state index in [1.807, 2.05) is 0 Å². The van der Waals surface area contributed by atoms with Crippen LogP contribution in [-0.4, -0.2) is 36.2 Å². The number of halogens is 4. The number of ether oxygens (including phenoxy) is 1. The van der Waals surface area contributed by atoms with Crippen molar-refractivity contribution in [1.29, 1.82) is 0 Å². The maximum absolute atomic E-state index is 14.5. The predicted molar refractivity (Wildman–Crippen MR) is 117 cm³/mol. The minimum atomic E-state index is -5.35. The molecule has 1 aromatic heterocycles. The number of carbonyl (C=O) groups excluding carboxylic acids is 3. The quantitative estimate of drug-likeness (QED) is 0.390. The number of amides is 2. The number of carbonyl (C=O) groups is 3. The van der Waals surface area contributed by atoms with Crippen molar-refractivity contribution in [3.05, 3.63) is 50.9 Å². The molecule has 0 radical (unpaired) electrons. The van der Waals surface area contributed by atoms with Crippen molar-refractivity contribution in [2.24, 2.45) is 5.73 Å². The number of alkyl halides is 3. The first-order chi connectivity index (χ1) is 15.5. The van der Waals surface area contributed by atoms with E-state index in [2.05, 4.69) is 5.32 Å². The molecular weight excluding hydrogens is 483 g/mol. The maximum atomic E-state index is 14.5. The summed E-state index contributed by atoms with van der Waals surface area (Å²) >= 11 is 6.75. The Kier molecular flexibility index (Phi) is 7.23. The second kappa shape index (κ2) is 9.60. The first-order valence-corrected chi connectivity index (χ1v) is 11.2. The van der Waals surface area contributed by atoms with Crippen LogP contribution in [0.4, 0.5) is 18.2 Å². The second-order valence-corrected chi connectivity index (χ2v) is 8.88. The molecule has 4 N–H and O–H groups in total. The van der Waals surface area contributed by atoms with Gasteiger partial charge >= 0.3 is 17.8 Å². The van der Waals surface area contributed by atoms with Crippen molar-refractivity contribution >= 4 is 45.7 Å². The van der Waals surface area contributed by atoms with Crippen LogP contribution in [0.25, 0.3) is 0 Å². The molecule has 0 aliphatic heterocycles. The normalized spacial score (nSPS) is 15.2. The van der Waals surface area contributed by atoms with Crippen molar-refractivity contribution in [2.75, 3.05) is 11.9 Å². The molecule has 0 spiro atoms. The Morgan fingerprint density at radius 1 is 1.21 bits per heavy atom. The molecule has 2 aromatic rings. The summed E-state index contributed by atoms with van der Waals surface area (Å²) in [6, 6.07) is 5.21. The largest absolute Gasteiger partial charge is 0.463 e. The van der Waals surface area contributed by atoms with Crippen molar-refractivity contribution in [3.8, 4) is 0 Å². The Morgan fingerprint density at radius 3 is 2.52 bits per heavy atom. The predicted octanol–water partition coefficient (Wildman–Crippen LogP) is 4.04. The third-order valence-electron chi connectivity index (χ3n) is 5.11. The minimum Gasteiger partial charge on any atom is -0.463 e. The fourth-order valence-electron chi connectivity index (χ4n) is 3.59. The van der Waals surface area contributed by atoms with Gasteiger partial charge in [0.05, 0.1) is 12.2 Å². The lowest BCUT2D eigenvalue weighted by molar-refractivity contribution is -0.204. The highest BCUT2D eigenvalue weighted by Crippen LogP contribution is 2.42. The Labute approximate surface area is 196 Å². The van der Waals surface area contributed by atoms with Gasteiger partial charge in [0.1, 0.15) is 5.00 Å². The van der Waals surface area contributed by atoms with Gasteiger partial charge in [0.25, 0.3) is 11.8 Å². The number of esters is 1. The first-order valence-electron chi connectivity index (χ1n) is 10.0. The topological polar surface area (TPSA) is 111 Å². The number of benzene rings is 1. The van der Waals surface area contributed by atoms with Crippen LogP contribution >= 0.6 is 22.9 Å². The number of thiophene rings is 1. The molecule has 0 unspecified atom stereocenters. The van der Waals surface area contributed by atoms with Crippen molar-refractivity contribution in [2.45, 2.75) is 44.4 Å². The Morgan fingerprint density at radius 2 is 1.91 bits per heavy atom. The fourth-order valence-corrected chi connectivity index (χ4v) is 5.13. The van der Waals surface area contributed by atoms with E-state index in [4.69, 9.17) is 22.1 Å². The molecule has 0 bridgehead atoms. The highest BCUT2D eigenvalue weighted by atomic mass is 35.5. The molecule has 178 valence electrons. The van der Waals surface area contributed by atoms with Gasteiger partial charge in [-0.2, -0.15) is 13.2 Å². The average molecular weight is 504 g/mol. The number of anilines is 1. The zero-order valence-electron chi connectivity index (χ0n) is 17.5. The number of aryl methyl sites for hydroxylation is 1. The van der Waals surface area contributed by atoms with Gasteiger partial charge in [-0.1, -0.05) is 17.7 Å². The van der Waals surface area contributed by atoms with Gasteiger partial charge < -0.3 is 21.1 Å². The van der Waals surface area contributed by atoms with Gasteiger partial charge in [-0.3, -0.25) is 9.59 Å². The number of nitrogens with one attached hydrogen (secondary N) is 2. The van der Waals surface area contributed by atoms with E-state index in [1.54, 1.807) is 5.32 Å². The zero-order valence-corrected chi connectivity index (χ0v) is 19.0. The molecular formula is C21H21ClF3N3O4S. The molecule has 0 fully saturated rings. The van der Waals surface area contributed by atoms with E-state index < -0.39 is 29.6 Å². The smallest absolute Gasteiger partial charge is 0.441 e. The van der Waals surface area contributed by atoms with Crippen LogP contribution in [0.1, 0.15) is 50.9 Å². The molecule has 1 heterocycles. The summed E-state index contributed by atoms with van der Waals surface area (Å²) in [6.45, 7) is 0.950. The summed E-state index contributed by atoms with van der Waals surface area (Å²) in [5.41, 5.74) is 2.03. The third-order valence-corrected chi connectivity index (χ3v) is 6.56. The lowest BCUT2D eigenvalue weighted by atomic mass is 9.95. The van der Waals surface area contributed by atoms with E-state index in [9.17, 15) is 27.6 Å². The standard InChI is InChI=1S/C21H21ClF3N3O4S/c1-2-32-19(31)20(21(23,24)25,27-17(30)11-6-5-7-12(22)10-11)28-18-15(16(26)29)13-8-3-4-9-14(13)33-18/h5-7,10,28H,2-4,8-9H2,1H3,(H2,26,29)(H,27,30)/t20-/m1/s1. The lowest BCUT2D eigenvalue weighted by Gasteiger charge is -2.35. The molecule has 12 heteroatoms. The van der Waals surface area contributed by atoms with Crippen LogP contribution in [-0.2, 0) is 22.4 Å². The van der Waals surface area contributed by atoms with Gasteiger partial charge in [0.15, 0.2) is 0 Å². The van der Waals surface area contributed by atoms with Crippen LogP contribution in [0.3, 0.4) is 0 Å². The van der Waals surface area contributed by atoms with Crippen LogP contribution in [0.15, 0.2) is 24.3 Å². The van der Waals surface area contributed by atoms with E-state index in [-0.39, 0.29) is 27.8 Å². The van der Waals surface area contributed by atoms with Gasteiger partial charge in [-0.05, 0) is 56.4 Å². The van der Waals surface area contributed by atoms with Gasteiger partial charge in [0, 0.05) is 15.5 Å². The highest BCUT2D eigenvalue weighted by Gasteiger charge is 2.64. The molecule has 1 aromatic carbocycles. The van der Waals surface area contributed by atoms with Gasteiger partial charge in [0.2, 0.25) is 0 Å². The second-order valence-electron chi connectivity index (χ2n) is 7.34. The van der Waals surface area contributed by atoms with Crippen molar-refractivity contribution in [3.63, 3.8) is 0 Å². The molecule has 33 heavy (non-hydrogen) atoms. The fraction of sp³-hybridized carbons (Fsp3) is 0.381. The maximum Gasteiger partial charge on any atom is 0.441 e. The number of hydrogen-bond donors (Lipinski definition) is 3. The number of rotatable bonds is 7. The summed E-state index contributed by atoms with van der Waals surface area (Å²) in [7, 11) is 0. The van der Waals surface area contributed by atoms with Crippen molar-refractivity contribution < 1.29 is 32.3 Å². The summed E-state index contributed by atoms with van der Waals surface area (Å²) in [4.78, 5) is 38.3. The Balaban J connectivity index is 2.13. The molecule has 1 aliphatic rings. The minimum absolute atomic E-state index is 0.117. The molecule has 7 nitrogen and oxygen atoms in total. The van der Waals surface area contributed by atoms with Gasteiger partial charge in [-0.25, -0.2) is 4.79 Å². The van der Waals surface area contributed by atoms with E-state index in [1.165, 1.54) is 25.1 Å². The molecule has 2 amide bonds. The molecule has 3 rings (SSSR count). The van der Waals surface area contributed by atoms with E-state index in [0.29, 0.717) is 23.3 Å². The SMILES string of the molecule is CCOC(=O)[C@@](NC(=O)c1cccc(Cl)c1)(Nc1sc2c(c1C(N)=O)CCCC2)C(F)(F)F. The van der Waals surface area contributed by atoms with Crippen LogP contribution in [0.2, 0.25) is 5.02 Å². The average Bonchev–Trinajstić information content (AvgIpc) is 3.10. The Hall–Kier alpha value is -2.79. The number of fused-ring (bicyclic) bond motifs is 1. The molecule has 1 aliphatic carbocycles. The van der Waals surface area contributed by atoms with Gasteiger partial charge in [-0.15, -0.1) is 11.3 Å². The van der Waals surface area contributed by atoms with Crippen LogP contribution in [0.5, 0.6) is 0 Å².